The molecule has 0 fully saturated rings. The first-order chi connectivity index (χ1) is 10.7. The third-order valence-electron chi connectivity index (χ3n) is 3.96. The molecule has 1 heteroatoms. The summed E-state index contributed by atoms with van der Waals surface area (Å²) in [6.07, 6.45) is 16.5. The lowest BCUT2D eigenvalue weighted by Crippen LogP contribution is -1.85. The lowest BCUT2D eigenvalue weighted by Gasteiger charge is -2.01. The number of hydrogen-bond donors (Lipinski definition) is 1. The average molecular weight is 323 g/mol. The maximum absolute atomic E-state index is 4.27. The molecule has 1 aromatic rings. The van der Waals surface area contributed by atoms with Crippen LogP contribution in [0.1, 0.15) is 97.0 Å². The normalized spacial score (nSPS) is 10.2. The van der Waals surface area contributed by atoms with E-state index in [1.165, 1.54) is 82.6 Å². The Hall–Kier alpha value is -0.430. The quantitative estimate of drug-likeness (QED) is 0.311. The molecule has 0 radical (unpaired) electrons. The van der Waals surface area contributed by atoms with Gasteiger partial charge in [-0.2, -0.15) is 0 Å². The van der Waals surface area contributed by atoms with Crippen LogP contribution in [0.15, 0.2) is 29.2 Å². The van der Waals surface area contributed by atoms with E-state index in [0.29, 0.717) is 0 Å². The van der Waals surface area contributed by atoms with Crippen LogP contribution in [-0.4, -0.2) is 0 Å². The van der Waals surface area contributed by atoms with Crippen LogP contribution in [0.5, 0.6) is 0 Å². The van der Waals surface area contributed by atoms with Crippen molar-refractivity contribution in [1.82, 2.24) is 0 Å². The Kier molecular flexibility index (Phi) is 16.6. The molecular weight excluding hydrogens is 284 g/mol. The summed E-state index contributed by atoms with van der Waals surface area (Å²) < 4.78 is 0. The Balaban J connectivity index is 0.000000472. The second-order valence-corrected chi connectivity index (χ2v) is 6.76. The highest BCUT2D eigenvalue weighted by Gasteiger charge is 1.93. The predicted octanol–water partition coefficient (Wildman–Crippen LogP) is 7.86. The molecule has 0 atom stereocenters. The van der Waals surface area contributed by atoms with Crippen molar-refractivity contribution in [1.29, 1.82) is 0 Å². The number of unbranched alkanes of at least 4 members (excludes halogenated alkanes) is 9. The summed E-state index contributed by atoms with van der Waals surface area (Å²) in [6, 6.07) is 8.51. The summed E-state index contributed by atoms with van der Waals surface area (Å²) in [7, 11) is 0. The van der Waals surface area contributed by atoms with Crippen LogP contribution < -0.4 is 0 Å². The van der Waals surface area contributed by atoms with Crippen molar-refractivity contribution in [2.24, 2.45) is 0 Å². The highest BCUT2D eigenvalue weighted by Crippen LogP contribution is 2.11. The lowest BCUT2D eigenvalue weighted by molar-refractivity contribution is 0.624. The van der Waals surface area contributed by atoms with Gasteiger partial charge in [-0.1, -0.05) is 97.1 Å². The van der Waals surface area contributed by atoms with Gasteiger partial charge in [-0.15, -0.1) is 12.6 Å². The van der Waals surface area contributed by atoms with E-state index in [1.54, 1.807) is 0 Å². The molecule has 0 amide bonds. The summed E-state index contributed by atoms with van der Waals surface area (Å²) >= 11 is 4.27. The van der Waals surface area contributed by atoms with Crippen molar-refractivity contribution in [2.75, 3.05) is 0 Å². The van der Waals surface area contributed by atoms with E-state index >= 15 is 0 Å². The fourth-order valence-corrected chi connectivity index (χ4v) is 2.60. The summed E-state index contributed by atoms with van der Waals surface area (Å²) in [5, 5.41) is 0. The number of benzene rings is 1. The molecule has 0 saturated heterocycles. The topological polar surface area (TPSA) is 0 Å². The van der Waals surface area contributed by atoms with Gasteiger partial charge in [-0.25, -0.2) is 0 Å². The Morgan fingerprint density at radius 1 is 0.591 bits per heavy atom. The minimum Gasteiger partial charge on any atom is -0.143 e. The SMILES string of the molecule is CCCCCCCC.CCCCCCCc1ccc(S)cc1. The fraction of sp³-hybridized carbons (Fsp3) is 0.714. The van der Waals surface area contributed by atoms with Gasteiger partial charge in [-0.05, 0) is 30.5 Å². The molecule has 0 unspecified atom stereocenters. The van der Waals surface area contributed by atoms with E-state index in [4.69, 9.17) is 0 Å². The first-order valence-corrected chi connectivity index (χ1v) is 9.97. The number of rotatable bonds is 11. The van der Waals surface area contributed by atoms with E-state index in [2.05, 4.69) is 57.7 Å². The molecule has 0 spiro atoms. The highest BCUT2D eigenvalue weighted by atomic mass is 32.1. The molecule has 128 valence electrons. The van der Waals surface area contributed by atoms with Crippen molar-refractivity contribution in [3.05, 3.63) is 29.8 Å². The standard InChI is InChI=1S/C13H20S.C8H18/c1-2-3-4-5-6-7-12-8-10-13(14)11-9-12;1-3-5-7-8-6-4-2/h8-11,14H,2-7H2,1H3;3-8H2,1-2H3. The zero-order valence-electron chi connectivity index (χ0n) is 15.2. The van der Waals surface area contributed by atoms with E-state index in [0.717, 1.165) is 4.90 Å². The van der Waals surface area contributed by atoms with Gasteiger partial charge >= 0.3 is 0 Å². The Bertz CT molecular complexity index is 309. The smallest absolute Gasteiger partial charge is 0.00401 e. The lowest BCUT2D eigenvalue weighted by atomic mass is 10.1. The second kappa shape index (κ2) is 16.9. The molecule has 1 rings (SSSR count). The van der Waals surface area contributed by atoms with Crippen molar-refractivity contribution < 1.29 is 0 Å². The minimum atomic E-state index is 1.06. The Morgan fingerprint density at radius 2 is 1.00 bits per heavy atom. The van der Waals surface area contributed by atoms with E-state index < -0.39 is 0 Å². The van der Waals surface area contributed by atoms with Crippen molar-refractivity contribution in [3.63, 3.8) is 0 Å². The third-order valence-corrected chi connectivity index (χ3v) is 4.26. The molecule has 0 saturated carbocycles. The number of thiol groups is 1. The van der Waals surface area contributed by atoms with E-state index in [1.807, 2.05) is 0 Å². The molecule has 0 aromatic heterocycles. The molecular formula is C21H38S. The molecule has 1 aromatic carbocycles. The van der Waals surface area contributed by atoms with Gasteiger partial charge in [0.15, 0.2) is 0 Å². The predicted molar refractivity (Wildman–Crippen MR) is 105 cm³/mol. The van der Waals surface area contributed by atoms with Gasteiger partial charge < -0.3 is 0 Å². The van der Waals surface area contributed by atoms with Crippen LogP contribution in [0.2, 0.25) is 0 Å². The fourth-order valence-electron chi connectivity index (χ4n) is 2.45. The first kappa shape index (κ1) is 21.6. The summed E-state index contributed by atoms with van der Waals surface area (Å²) in [6.45, 7) is 6.77. The van der Waals surface area contributed by atoms with Crippen molar-refractivity contribution >= 4 is 12.6 Å². The van der Waals surface area contributed by atoms with Crippen molar-refractivity contribution in [3.8, 4) is 0 Å². The summed E-state index contributed by atoms with van der Waals surface area (Å²) in [5.74, 6) is 0. The molecule has 0 bridgehead atoms. The molecule has 22 heavy (non-hydrogen) atoms. The van der Waals surface area contributed by atoms with Crippen LogP contribution in [0.4, 0.5) is 0 Å². The monoisotopic (exact) mass is 322 g/mol. The highest BCUT2D eigenvalue weighted by molar-refractivity contribution is 7.80. The van der Waals surface area contributed by atoms with Crippen LogP contribution in [-0.2, 0) is 6.42 Å². The molecule has 0 aliphatic carbocycles. The third kappa shape index (κ3) is 14.5. The van der Waals surface area contributed by atoms with Gasteiger partial charge in [0, 0.05) is 4.90 Å². The largest absolute Gasteiger partial charge is 0.143 e. The van der Waals surface area contributed by atoms with Crippen molar-refractivity contribution in [2.45, 2.75) is 103 Å². The Labute approximate surface area is 145 Å². The van der Waals surface area contributed by atoms with Crippen LogP contribution in [0.3, 0.4) is 0 Å². The minimum absolute atomic E-state index is 1.06. The Morgan fingerprint density at radius 3 is 1.41 bits per heavy atom. The zero-order chi connectivity index (χ0) is 16.5. The van der Waals surface area contributed by atoms with Gasteiger partial charge in [0.05, 0.1) is 0 Å². The van der Waals surface area contributed by atoms with E-state index in [-0.39, 0.29) is 0 Å². The summed E-state index contributed by atoms with van der Waals surface area (Å²) in [5.41, 5.74) is 1.44. The molecule has 0 N–H and O–H groups in total. The van der Waals surface area contributed by atoms with Crippen LogP contribution in [0.25, 0.3) is 0 Å². The van der Waals surface area contributed by atoms with Gasteiger partial charge in [0.25, 0.3) is 0 Å². The molecule has 0 aliphatic heterocycles. The van der Waals surface area contributed by atoms with E-state index in [9.17, 15) is 0 Å². The summed E-state index contributed by atoms with van der Waals surface area (Å²) in [4.78, 5) is 1.06. The zero-order valence-corrected chi connectivity index (χ0v) is 16.1. The average Bonchev–Trinajstić information content (AvgIpc) is 2.54. The number of hydrogen-bond acceptors (Lipinski definition) is 1. The van der Waals surface area contributed by atoms with Gasteiger partial charge in [0.2, 0.25) is 0 Å². The molecule has 0 heterocycles. The van der Waals surface area contributed by atoms with Gasteiger partial charge in [-0.3, -0.25) is 0 Å². The van der Waals surface area contributed by atoms with Crippen LogP contribution in [0, 0.1) is 0 Å². The maximum atomic E-state index is 4.27. The molecule has 0 nitrogen and oxygen atoms in total. The first-order valence-electron chi connectivity index (χ1n) is 9.52. The van der Waals surface area contributed by atoms with Crippen LogP contribution >= 0.6 is 12.6 Å². The maximum Gasteiger partial charge on any atom is 0.00401 e. The second-order valence-electron chi connectivity index (χ2n) is 6.24. The molecule has 0 aliphatic rings. The number of aryl methyl sites for hydroxylation is 1. The van der Waals surface area contributed by atoms with Gasteiger partial charge in [0.1, 0.15) is 0 Å².